The van der Waals surface area contributed by atoms with E-state index in [4.69, 9.17) is 0 Å². The van der Waals surface area contributed by atoms with E-state index in [-0.39, 0.29) is 5.92 Å². The molecular formula is C19H18N8S. The van der Waals surface area contributed by atoms with E-state index in [1.165, 1.54) is 11.3 Å². The number of hydrogen-bond donors (Lipinski definition) is 1. The maximum Gasteiger partial charge on any atom is 0.236 e. The topological polar surface area (TPSA) is 85.8 Å². The Kier molecular flexibility index (Phi) is 3.83. The van der Waals surface area contributed by atoms with E-state index in [0.717, 1.165) is 43.8 Å². The van der Waals surface area contributed by atoms with Gasteiger partial charge in [-0.3, -0.25) is 9.67 Å². The van der Waals surface area contributed by atoms with E-state index in [1.54, 1.807) is 10.9 Å². The Bertz CT molecular complexity index is 1300. The highest BCUT2D eigenvalue weighted by Gasteiger charge is 2.19. The molecule has 0 unspecified atom stereocenters. The van der Waals surface area contributed by atoms with Crippen molar-refractivity contribution in [2.75, 3.05) is 5.32 Å². The summed E-state index contributed by atoms with van der Waals surface area (Å²) in [7, 11) is 1.90. The van der Waals surface area contributed by atoms with Crippen LogP contribution >= 0.6 is 11.3 Å². The molecule has 9 heteroatoms. The first kappa shape index (κ1) is 16.8. The van der Waals surface area contributed by atoms with Gasteiger partial charge in [0.15, 0.2) is 5.82 Å². The molecule has 0 spiro atoms. The molecule has 0 saturated heterocycles. The van der Waals surface area contributed by atoms with Crippen LogP contribution in [0.1, 0.15) is 29.9 Å². The molecule has 0 amide bonds. The molecule has 0 radical (unpaired) electrons. The number of pyridine rings is 1. The predicted molar refractivity (Wildman–Crippen MR) is 109 cm³/mol. The van der Waals surface area contributed by atoms with Gasteiger partial charge in [0.1, 0.15) is 0 Å². The molecule has 0 aliphatic carbocycles. The highest BCUT2D eigenvalue weighted by molar-refractivity contribution is 7.20. The van der Waals surface area contributed by atoms with Crippen LogP contribution in [0, 0.1) is 6.92 Å². The van der Waals surface area contributed by atoms with E-state index in [0.29, 0.717) is 0 Å². The number of aryl methyl sites for hydroxylation is 2. The van der Waals surface area contributed by atoms with Crippen LogP contribution < -0.4 is 5.32 Å². The Morgan fingerprint density at radius 1 is 1.14 bits per heavy atom. The van der Waals surface area contributed by atoms with Gasteiger partial charge in [-0.05, 0) is 30.7 Å². The zero-order valence-corrected chi connectivity index (χ0v) is 16.5. The fourth-order valence-electron chi connectivity index (χ4n) is 3.30. The number of nitrogens with one attached hydrogen (secondary N) is 1. The SMILES string of the molecule is Cc1nn(C)cc1Nc1nn2c([C@H](C)c3ccc4ncccc4c3)nnc2s1. The lowest BCUT2D eigenvalue weighted by Gasteiger charge is -2.10. The summed E-state index contributed by atoms with van der Waals surface area (Å²) in [5, 5.41) is 22.9. The van der Waals surface area contributed by atoms with Crippen molar-refractivity contribution >= 4 is 38.0 Å². The van der Waals surface area contributed by atoms with E-state index in [9.17, 15) is 0 Å². The van der Waals surface area contributed by atoms with Crippen molar-refractivity contribution in [3.8, 4) is 0 Å². The van der Waals surface area contributed by atoms with Crippen molar-refractivity contribution in [2.45, 2.75) is 19.8 Å². The molecule has 8 nitrogen and oxygen atoms in total. The van der Waals surface area contributed by atoms with Gasteiger partial charge in [0.05, 0.1) is 16.9 Å². The molecule has 28 heavy (non-hydrogen) atoms. The van der Waals surface area contributed by atoms with E-state index in [2.05, 4.69) is 55.8 Å². The number of hydrogen-bond acceptors (Lipinski definition) is 7. The number of anilines is 2. The molecule has 5 rings (SSSR count). The molecule has 4 heterocycles. The second kappa shape index (κ2) is 6.38. The summed E-state index contributed by atoms with van der Waals surface area (Å²) in [6, 6.07) is 10.3. The number of nitrogens with zero attached hydrogens (tertiary/aromatic N) is 7. The molecule has 0 aliphatic heterocycles. The van der Waals surface area contributed by atoms with E-state index in [1.807, 2.05) is 36.8 Å². The van der Waals surface area contributed by atoms with Crippen molar-refractivity contribution < 1.29 is 0 Å². The van der Waals surface area contributed by atoms with Gasteiger partial charge >= 0.3 is 0 Å². The maximum absolute atomic E-state index is 4.68. The minimum Gasteiger partial charge on any atom is -0.327 e. The summed E-state index contributed by atoms with van der Waals surface area (Å²) in [5.74, 6) is 0.861. The van der Waals surface area contributed by atoms with Crippen LogP contribution in [0.2, 0.25) is 0 Å². The Morgan fingerprint density at radius 3 is 2.86 bits per heavy atom. The second-order valence-corrected chi connectivity index (χ2v) is 7.72. The zero-order valence-electron chi connectivity index (χ0n) is 15.7. The lowest BCUT2D eigenvalue weighted by atomic mass is 9.99. The Balaban J connectivity index is 1.49. The van der Waals surface area contributed by atoms with Crippen LogP contribution in [-0.4, -0.2) is 34.6 Å². The van der Waals surface area contributed by atoms with Crippen LogP contribution in [0.5, 0.6) is 0 Å². The predicted octanol–water partition coefficient (Wildman–Crippen LogP) is 3.67. The van der Waals surface area contributed by atoms with Gasteiger partial charge in [0.25, 0.3) is 0 Å². The molecule has 1 aromatic carbocycles. The van der Waals surface area contributed by atoms with Gasteiger partial charge in [-0.25, -0.2) is 0 Å². The molecule has 0 bridgehead atoms. The number of fused-ring (bicyclic) bond motifs is 2. The zero-order chi connectivity index (χ0) is 19.3. The number of aromatic nitrogens is 7. The fraction of sp³-hybridized carbons (Fsp3) is 0.211. The van der Waals surface area contributed by atoms with Gasteiger partial charge < -0.3 is 5.32 Å². The van der Waals surface area contributed by atoms with Crippen molar-refractivity contribution in [1.29, 1.82) is 0 Å². The minimum absolute atomic E-state index is 0.0506. The number of benzene rings is 1. The van der Waals surface area contributed by atoms with Crippen LogP contribution in [0.15, 0.2) is 42.7 Å². The lowest BCUT2D eigenvalue weighted by molar-refractivity contribution is 0.756. The molecule has 4 aromatic heterocycles. The van der Waals surface area contributed by atoms with E-state index >= 15 is 0 Å². The molecule has 0 aliphatic rings. The maximum atomic E-state index is 4.68. The average Bonchev–Trinajstić information content (AvgIpc) is 3.35. The third-order valence-corrected chi connectivity index (χ3v) is 5.60. The third-order valence-electron chi connectivity index (χ3n) is 4.78. The smallest absolute Gasteiger partial charge is 0.236 e. The molecule has 0 saturated carbocycles. The van der Waals surface area contributed by atoms with Crippen molar-refractivity contribution in [2.24, 2.45) is 7.05 Å². The summed E-state index contributed by atoms with van der Waals surface area (Å²) in [6.07, 6.45) is 3.74. The quantitative estimate of drug-likeness (QED) is 0.504. The largest absolute Gasteiger partial charge is 0.327 e. The Morgan fingerprint density at radius 2 is 2.04 bits per heavy atom. The van der Waals surface area contributed by atoms with Crippen LogP contribution in [0.25, 0.3) is 15.9 Å². The Labute approximate surface area is 164 Å². The van der Waals surface area contributed by atoms with Gasteiger partial charge in [0.2, 0.25) is 10.1 Å². The normalized spacial score (nSPS) is 12.7. The summed E-state index contributed by atoms with van der Waals surface area (Å²) < 4.78 is 3.59. The monoisotopic (exact) mass is 390 g/mol. The summed E-state index contributed by atoms with van der Waals surface area (Å²) >= 11 is 1.47. The van der Waals surface area contributed by atoms with Gasteiger partial charge in [0, 0.05) is 30.7 Å². The van der Waals surface area contributed by atoms with Gasteiger partial charge in [-0.1, -0.05) is 30.4 Å². The van der Waals surface area contributed by atoms with Crippen LogP contribution in [0.4, 0.5) is 10.8 Å². The highest BCUT2D eigenvalue weighted by Crippen LogP contribution is 2.29. The van der Waals surface area contributed by atoms with Gasteiger partial charge in [-0.15, -0.1) is 15.3 Å². The summed E-state index contributed by atoms with van der Waals surface area (Å²) in [5.41, 5.74) is 3.99. The first-order valence-corrected chi connectivity index (χ1v) is 9.74. The summed E-state index contributed by atoms with van der Waals surface area (Å²) in [4.78, 5) is 5.15. The van der Waals surface area contributed by atoms with Crippen LogP contribution in [-0.2, 0) is 7.05 Å². The van der Waals surface area contributed by atoms with Crippen molar-refractivity contribution in [3.05, 3.63) is 59.8 Å². The second-order valence-electron chi connectivity index (χ2n) is 6.76. The fourth-order valence-corrected chi connectivity index (χ4v) is 4.06. The third kappa shape index (κ3) is 2.80. The number of rotatable bonds is 4. The molecule has 5 aromatic rings. The first-order chi connectivity index (χ1) is 13.6. The summed E-state index contributed by atoms with van der Waals surface area (Å²) in [6.45, 7) is 4.08. The van der Waals surface area contributed by atoms with Crippen LogP contribution in [0.3, 0.4) is 0 Å². The molecule has 1 atom stereocenters. The standard InChI is InChI=1S/C19H18N8S/c1-11(13-6-7-15-14(9-13)5-4-8-20-15)17-22-23-19-27(17)25-18(28-19)21-16-10-26(3)24-12(16)2/h4-11H,1-3H3,(H,21,25)/t11-/m1/s1. The first-order valence-electron chi connectivity index (χ1n) is 8.92. The minimum atomic E-state index is 0.0506. The van der Waals surface area contributed by atoms with Gasteiger partial charge in [-0.2, -0.15) is 9.61 Å². The van der Waals surface area contributed by atoms with E-state index < -0.39 is 0 Å². The molecule has 1 N–H and O–H groups in total. The highest BCUT2D eigenvalue weighted by atomic mass is 32.1. The molecule has 140 valence electrons. The van der Waals surface area contributed by atoms with Crippen molar-refractivity contribution in [3.63, 3.8) is 0 Å². The van der Waals surface area contributed by atoms with Crippen molar-refractivity contribution in [1.82, 2.24) is 34.6 Å². The Hall–Kier alpha value is -3.33. The average molecular weight is 390 g/mol. The molecular weight excluding hydrogens is 372 g/mol. The molecule has 0 fully saturated rings. The lowest BCUT2D eigenvalue weighted by Crippen LogP contribution is -2.04.